The Kier molecular flexibility index (Phi) is 3.36. The summed E-state index contributed by atoms with van der Waals surface area (Å²) in [6.45, 7) is 0.240. The molecule has 1 aliphatic carbocycles. The van der Waals surface area contributed by atoms with E-state index in [1.54, 1.807) is 7.11 Å². The first-order valence-electron chi connectivity index (χ1n) is 5.19. The van der Waals surface area contributed by atoms with Gasteiger partial charge in [0.2, 0.25) is 0 Å². The maximum absolute atomic E-state index is 10.1. The molecule has 0 saturated heterocycles. The number of aryl methyl sites for hydroxylation is 1. The monoisotopic (exact) mass is 208 g/mol. The van der Waals surface area contributed by atoms with Gasteiger partial charge in [0, 0.05) is 7.11 Å². The summed E-state index contributed by atoms with van der Waals surface area (Å²) >= 11 is 0. The van der Waals surface area contributed by atoms with Crippen LogP contribution < -0.4 is 0 Å². The fourth-order valence-corrected chi connectivity index (χ4v) is 2.04. The summed E-state index contributed by atoms with van der Waals surface area (Å²) < 4.78 is 10.3. The predicted octanol–water partition coefficient (Wildman–Crippen LogP) is 1.66. The van der Waals surface area contributed by atoms with Crippen LogP contribution in [0.5, 0.6) is 0 Å². The molecule has 82 valence electrons. The lowest BCUT2D eigenvalue weighted by Crippen LogP contribution is -2.28. The Hall–Kier alpha value is -0.900. The van der Waals surface area contributed by atoms with Crippen LogP contribution in [0.1, 0.15) is 23.7 Å². The average Bonchev–Trinajstić information content (AvgIpc) is 2.29. The topological polar surface area (TPSA) is 38.7 Å². The summed E-state index contributed by atoms with van der Waals surface area (Å²) in [6, 6.07) is 7.97. The van der Waals surface area contributed by atoms with Gasteiger partial charge in [-0.05, 0) is 24.0 Å². The van der Waals surface area contributed by atoms with Crippen LogP contribution in [0.2, 0.25) is 0 Å². The van der Waals surface area contributed by atoms with Gasteiger partial charge in [-0.1, -0.05) is 24.3 Å². The highest BCUT2D eigenvalue weighted by atomic mass is 16.7. The van der Waals surface area contributed by atoms with E-state index >= 15 is 0 Å². The minimum atomic E-state index is -0.523. The lowest BCUT2D eigenvalue weighted by molar-refractivity contribution is -0.119. The predicted molar refractivity (Wildman–Crippen MR) is 56.5 cm³/mol. The molecule has 3 heteroatoms. The number of benzene rings is 1. The van der Waals surface area contributed by atoms with Crippen LogP contribution in [0, 0.1) is 0 Å². The van der Waals surface area contributed by atoms with E-state index in [0.29, 0.717) is 0 Å². The van der Waals surface area contributed by atoms with Crippen molar-refractivity contribution in [3.8, 4) is 0 Å². The molecule has 0 spiro atoms. The van der Waals surface area contributed by atoms with E-state index in [1.807, 2.05) is 18.2 Å². The second-order valence-electron chi connectivity index (χ2n) is 3.79. The Balaban J connectivity index is 2.11. The molecule has 2 rings (SSSR count). The van der Waals surface area contributed by atoms with Crippen LogP contribution in [0.25, 0.3) is 0 Å². The first-order chi connectivity index (χ1) is 7.33. The largest absolute Gasteiger partial charge is 0.386 e. The lowest BCUT2D eigenvalue weighted by Gasteiger charge is -2.29. The number of ether oxygens (including phenoxy) is 2. The molecule has 2 atom stereocenters. The van der Waals surface area contributed by atoms with Crippen molar-refractivity contribution in [3.63, 3.8) is 0 Å². The third kappa shape index (κ3) is 2.20. The summed E-state index contributed by atoms with van der Waals surface area (Å²) in [5.41, 5.74) is 2.21. The third-order valence-electron chi connectivity index (χ3n) is 2.82. The molecule has 1 N–H and O–H groups in total. The highest BCUT2D eigenvalue weighted by Gasteiger charge is 2.27. The van der Waals surface area contributed by atoms with Crippen LogP contribution in [0.3, 0.4) is 0 Å². The van der Waals surface area contributed by atoms with E-state index < -0.39 is 6.10 Å². The van der Waals surface area contributed by atoms with Gasteiger partial charge in [-0.15, -0.1) is 0 Å². The number of hydrogen-bond acceptors (Lipinski definition) is 3. The van der Waals surface area contributed by atoms with Gasteiger partial charge in [0.05, 0.1) is 6.10 Å². The summed E-state index contributed by atoms with van der Waals surface area (Å²) in [5.74, 6) is 0. The van der Waals surface area contributed by atoms with E-state index in [4.69, 9.17) is 9.47 Å². The van der Waals surface area contributed by atoms with Crippen molar-refractivity contribution < 1.29 is 14.6 Å². The number of rotatable bonds is 3. The molecule has 0 aliphatic heterocycles. The molecule has 0 bridgehead atoms. The highest BCUT2D eigenvalue weighted by Crippen LogP contribution is 2.31. The number of hydrogen-bond donors (Lipinski definition) is 1. The van der Waals surface area contributed by atoms with Crippen LogP contribution in [-0.4, -0.2) is 25.1 Å². The Morgan fingerprint density at radius 1 is 1.40 bits per heavy atom. The zero-order valence-electron chi connectivity index (χ0n) is 8.85. The van der Waals surface area contributed by atoms with Gasteiger partial charge >= 0.3 is 0 Å². The first kappa shape index (κ1) is 10.6. The first-order valence-corrected chi connectivity index (χ1v) is 5.19. The maximum atomic E-state index is 10.1. The quantitative estimate of drug-likeness (QED) is 0.768. The number of aliphatic hydroxyl groups is 1. The molecule has 0 saturated carbocycles. The number of aliphatic hydroxyl groups excluding tert-OH is 1. The molecule has 1 aliphatic rings. The molecule has 0 amide bonds. The number of fused-ring (bicyclic) bond motifs is 1. The molecular formula is C12H16O3. The number of methoxy groups -OCH3 is 1. The maximum Gasteiger partial charge on any atom is 0.146 e. The molecule has 0 unspecified atom stereocenters. The van der Waals surface area contributed by atoms with Crippen LogP contribution in [-0.2, 0) is 15.9 Å². The zero-order chi connectivity index (χ0) is 10.7. The lowest BCUT2D eigenvalue weighted by atomic mass is 9.87. The van der Waals surface area contributed by atoms with Crippen LogP contribution in [0.4, 0.5) is 0 Å². The Morgan fingerprint density at radius 2 is 2.20 bits per heavy atom. The second kappa shape index (κ2) is 4.75. The van der Waals surface area contributed by atoms with Crippen molar-refractivity contribution in [2.45, 2.75) is 25.0 Å². The molecule has 0 fully saturated rings. The SMILES string of the molecule is COCO[C@H]1CCc2ccccc2[C@H]1O. The zero-order valence-corrected chi connectivity index (χ0v) is 8.85. The smallest absolute Gasteiger partial charge is 0.146 e. The minimum absolute atomic E-state index is 0.139. The normalized spacial score (nSPS) is 24.9. The van der Waals surface area contributed by atoms with E-state index in [1.165, 1.54) is 5.56 Å². The van der Waals surface area contributed by atoms with Gasteiger partial charge in [-0.3, -0.25) is 0 Å². The van der Waals surface area contributed by atoms with E-state index in [-0.39, 0.29) is 12.9 Å². The average molecular weight is 208 g/mol. The Labute approximate surface area is 89.6 Å². The standard InChI is InChI=1S/C12H16O3/c1-14-8-15-11-7-6-9-4-2-3-5-10(9)12(11)13/h2-5,11-13H,6-8H2,1H3/t11-,12+/m0/s1. The van der Waals surface area contributed by atoms with Gasteiger partial charge < -0.3 is 14.6 Å². The van der Waals surface area contributed by atoms with Crippen molar-refractivity contribution >= 4 is 0 Å². The van der Waals surface area contributed by atoms with E-state index in [0.717, 1.165) is 18.4 Å². The van der Waals surface area contributed by atoms with Crippen LogP contribution in [0.15, 0.2) is 24.3 Å². The van der Waals surface area contributed by atoms with Gasteiger partial charge in [-0.25, -0.2) is 0 Å². The molecule has 3 nitrogen and oxygen atoms in total. The second-order valence-corrected chi connectivity index (χ2v) is 3.79. The fraction of sp³-hybridized carbons (Fsp3) is 0.500. The molecule has 0 radical (unpaired) electrons. The summed E-state index contributed by atoms with van der Waals surface area (Å²) in [6.07, 6.45) is 1.15. The van der Waals surface area contributed by atoms with Crippen molar-refractivity contribution in [3.05, 3.63) is 35.4 Å². The van der Waals surface area contributed by atoms with Crippen molar-refractivity contribution in [1.82, 2.24) is 0 Å². The van der Waals surface area contributed by atoms with Gasteiger partial charge in [-0.2, -0.15) is 0 Å². The third-order valence-corrected chi connectivity index (χ3v) is 2.82. The van der Waals surface area contributed by atoms with Crippen LogP contribution >= 0.6 is 0 Å². The van der Waals surface area contributed by atoms with Gasteiger partial charge in [0.1, 0.15) is 12.9 Å². The molecule has 0 heterocycles. The van der Waals surface area contributed by atoms with E-state index in [9.17, 15) is 5.11 Å². The van der Waals surface area contributed by atoms with Gasteiger partial charge in [0.25, 0.3) is 0 Å². The molecule has 1 aromatic rings. The molecule has 0 aromatic heterocycles. The molecule has 1 aromatic carbocycles. The minimum Gasteiger partial charge on any atom is -0.386 e. The van der Waals surface area contributed by atoms with Crippen molar-refractivity contribution in [1.29, 1.82) is 0 Å². The fourth-order valence-electron chi connectivity index (χ4n) is 2.04. The Bertz CT molecular complexity index is 324. The highest BCUT2D eigenvalue weighted by molar-refractivity contribution is 5.32. The van der Waals surface area contributed by atoms with Crippen molar-refractivity contribution in [2.24, 2.45) is 0 Å². The summed E-state index contributed by atoms with van der Waals surface area (Å²) in [7, 11) is 1.59. The molecular weight excluding hydrogens is 192 g/mol. The molecule has 15 heavy (non-hydrogen) atoms. The summed E-state index contributed by atoms with van der Waals surface area (Å²) in [5, 5.41) is 10.1. The van der Waals surface area contributed by atoms with E-state index in [2.05, 4.69) is 6.07 Å². The Morgan fingerprint density at radius 3 is 3.00 bits per heavy atom. The summed E-state index contributed by atoms with van der Waals surface area (Å²) in [4.78, 5) is 0. The van der Waals surface area contributed by atoms with Crippen molar-refractivity contribution in [2.75, 3.05) is 13.9 Å². The van der Waals surface area contributed by atoms with Gasteiger partial charge in [0.15, 0.2) is 0 Å².